The fraction of sp³-hybridized carbons (Fsp3) is 0.933. The standard InChI is InChI=1S/C15H30N2O3/c1-4-8-16-14(15(18)19-3)5-9-17(2)12-13-6-10-20-11-7-13/h13-14,16H,4-12H2,1-3H3. The number of carbonyl (C=O) groups excluding carboxylic acids is 1. The molecule has 0 bridgehead atoms. The summed E-state index contributed by atoms with van der Waals surface area (Å²) in [5, 5.41) is 3.26. The molecule has 0 aromatic rings. The first-order valence-electron chi connectivity index (χ1n) is 7.74. The van der Waals surface area contributed by atoms with Crippen LogP contribution in [0.5, 0.6) is 0 Å². The maximum Gasteiger partial charge on any atom is 0.322 e. The average Bonchev–Trinajstić information content (AvgIpc) is 2.47. The van der Waals surface area contributed by atoms with Crippen LogP contribution >= 0.6 is 0 Å². The van der Waals surface area contributed by atoms with Gasteiger partial charge in [-0.2, -0.15) is 0 Å². The van der Waals surface area contributed by atoms with Gasteiger partial charge in [0.25, 0.3) is 0 Å². The molecule has 0 aromatic carbocycles. The van der Waals surface area contributed by atoms with Crippen molar-refractivity contribution in [3.8, 4) is 0 Å². The molecule has 20 heavy (non-hydrogen) atoms. The largest absolute Gasteiger partial charge is 0.468 e. The number of methoxy groups -OCH3 is 1. The van der Waals surface area contributed by atoms with Crippen molar-refractivity contribution in [2.24, 2.45) is 5.92 Å². The van der Waals surface area contributed by atoms with Crippen molar-refractivity contribution in [3.05, 3.63) is 0 Å². The maximum atomic E-state index is 11.7. The minimum Gasteiger partial charge on any atom is -0.468 e. The van der Waals surface area contributed by atoms with Crippen LogP contribution in [0.25, 0.3) is 0 Å². The van der Waals surface area contributed by atoms with Crippen molar-refractivity contribution in [3.63, 3.8) is 0 Å². The number of nitrogens with zero attached hydrogens (tertiary/aromatic N) is 1. The third-order valence-electron chi connectivity index (χ3n) is 3.84. The van der Waals surface area contributed by atoms with Gasteiger partial charge in [0.15, 0.2) is 0 Å². The van der Waals surface area contributed by atoms with E-state index in [4.69, 9.17) is 9.47 Å². The van der Waals surface area contributed by atoms with Crippen molar-refractivity contribution < 1.29 is 14.3 Å². The molecule has 1 fully saturated rings. The van der Waals surface area contributed by atoms with Gasteiger partial charge in [-0.3, -0.25) is 4.79 Å². The predicted molar refractivity (Wildman–Crippen MR) is 79.8 cm³/mol. The Morgan fingerprint density at radius 2 is 2.15 bits per heavy atom. The summed E-state index contributed by atoms with van der Waals surface area (Å²) in [7, 11) is 3.58. The molecule has 0 aromatic heterocycles. The zero-order valence-corrected chi connectivity index (χ0v) is 13.2. The highest BCUT2D eigenvalue weighted by Crippen LogP contribution is 2.15. The zero-order valence-electron chi connectivity index (χ0n) is 13.2. The topological polar surface area (TPSA) is 50.8 Å². The van der Waals surface area contributed by atoms with E-state index in [2.05, 4.69) is 24.2 Å². The van der Waals surface area contributed by atoms with Gasteiger partial charge in [-0.25, -0.2) is 0 Å². The van der Waals surface area contributed by atoms with E-state index in [1.54, 1.807) is 0 Å². The Labute approximate surface area is 123 Å². The Morgan fingerprint density at radius 3 is 2.75 bits per heavy atom. The van der Waals surface area contributed by atoms with E-state index in [0.717, 1.165) is 64.4 Å². The van der Waals surface area contributed by atoms with E-state index in [0.29, 0.717) is 0 Å². The molecule has 1 heterocycles. The van der Waals surface area contributed by atoms with Crippen molar-refractivity contribution in [2.75, 3.05) is 47.0 Å². The molecular formula is C15H30N2O3. The van der Waals surface area contributed by atoms with E-state index in [1.165, 1.54) is 7.11 Å². The van der Waals surface area contributed by atoms with Crippen LogP contribution in [0.2, 0.25) is 0 Å². The van der Waals surface area contributed by atoms with Gasteiger partial charge in [-0.05, 0) is 51.7 Å². The number of hydrogen-bond donors (Lipinski definition) is 1. The summed E-state index contributed by atoms with van der Waals surface area (Å²) in [5.74, 6) is 0.576. The smallest absolute Gasteiger partial charge is 0.322 e. The first-order valence-corrected chi connectivity index (χ1v) is 7.74. The lowest BCUT2D eigenvalue weighted by molar-refractivity contribution is -0.143. The molecule has 1 N–H and O–H groups in total. The average molecular weight is 286 g/mol. The highest BCUT2D eigenvalue weighted by molar-refractivity contribution is 5.75. The SMILES string of the molecule is CCCNC(CCN(C)CC1CCOCC1)C(=O)OC. The molecule has 5 nitrogen and oxygen atoms in total. The van der Waals surface area contributed by atoms with Crippen LogP contribution in [-0.2, 0) is 14.3 Å². The Morgan fingerprint density at radius 1 is 1.45 bits per heavy atom. The number of carbonyl (C=O) groups is 1. The molecule has 5 heteroatoms. The van der Waals surface area contributed by atoms with E-state index in [9.17, 15) is 4.79 Å². The summed E-state index contributed by atoms with van der Waals surface area (Å²) in [6.07, 6.45) is 4.12. The van der Waals surface area contributed by atoms with Crippen LogP contribution in [0.15, 0.2) is 0 Å². The number of ether oxygens (including phenoxy) is 2. The fourth-order valence-electron chi connectivity index (χ4n) is 2.57. The molecule has 0 saturated carbocycles. The quantitative estimate of drug-likeness (QED) is 0.647. The number of rotatable bonds is 9. The van der Waals surface area contributed by atoms with E-state index in [1.807, 2.05) is 0 Å². The second-order valence-electron chi connectivity index (χ2n) is 5.64. The van der Waals surface area contributed by atoms with Crippen molar-refractivity contribution in [1.29, 1.82) is 0 Å². The Hall–Kier alpha value is -0.650. The minimum absolute atomic E-state index is 0.155. The van der Waals surface area contributed by atoms with Gasteiger partial charge in [0.2, 0.25) is 0 Å². The zero-order chi connectivity index (χ0) is 14.8. The molecule has 0 radical (unpaired) electrons. The first kappa shape index (κ1) is 17.4. The van der Waals surface area contributed by atoms with Gasteiger partial charge in [-0.15, -0.1) is 0 Å². The summed E-state index contributed by atoms with van der Waals surface area (Å²) in [6, 6.07) is -0.183. The third-order valence-corrected chi connectivity index (χ3v) is 3.84. The minimum atomic E-state index is -0.183. The summed E-state index contributed by atoms with van der Waals surface area (Å²) in [5.41, 5.74) is 0. The molecule has 1 aliphatic rings. The number of hydrogen-bond acceptors (Lipinski definition) is 5. The molecule has 1 aliphatic heterocycles. The molecular weight excluding hydrogens is 256 g/mol. The number of nitrogens with one attached hydrogen (secondary N) is 1. The molecule has 1 saturated heterocycles. The molecule has 1 unspecified atom stereocenters. The van der Waals surface area contributed by atoms with Crippen LogP contribution < -0.4 is 5.32 Å². The van der Waals surface area contributed by atoms with Gasteiger partial charge >= 0.3 is 5.97 Å². The second kappa shape index (κ2) is 10.1. The lowest BCUT2D eigenvalue weighted by Crippen LogP contribution is -2.41. The summed E-state index contributed by atoms with van der Waals surface area (Å²) in [6.45, 7) is 6.73. The third kappa shape index (κ3) is 6.68. The molecule has 0 amide bonds. The molecule has 0 aliphatic carbocycles. The van der Waals surface area contributed by atoms with E-state index < -0.39 is 0 Å². The summed E-state index contributed by atoms with van der Waals surface area (Å²) < 4.78 is 10.2. The Bertz CT molecular complexity index is 268. The first-order chi connectivity index (χ1) is 9.67. The fourth-order valence-corrected chi connectivity index (χ4v) is 2.57. The Balaban J connectivity index is 2.27. The highest BCUT2D eigenvalue weighted by Gasteiger charge is 2.20. The molecule has 118 valence electrons. The lowest BCUT2D eigenvalue weighted by atomic mass is 10.00. The van der Waals surface area contributed by atoms with Gasteiger partial charge in [-0.1, -0.05) is 6.92 Å². The van der Waals surface area contributed by atoms with Crippen molar-refractivity contribution >= 4 is 5.97 Å². The second-order valence-corrected chi connectivity index (χ2v) is 5.64. The molecule has 1 atom stereocenters. The van der Waals surface area contributed by atoms with Crippen LogP contribution in [0.1, 0.15) is 32.6 Å². The van der Waals surface area contributed by atoms with Crippen molar-refractivity contribution in [2.45, 2.75) is 38.6 Å². The highest BCUT2D eigenvalue weighted by atomic mass is 16.5. The van der Waals surface area contributed by atoms with Gasteiger partial charge in [0.1, 0.15) is 6.04 Å². The van der Waals surface area contributed by atoms with E-state index in [-0.39, 0.29) is 12.0 Å². The van der Waals surface area contributed by atoms with Gasteiger partial charge in [0, 0.05) is 19.8 Å². The number of esters is 1. The molecule has 0 spiro atoms. The van der Waals surface area contributed by atoms with Crippen LogP contribution in [0, 0.1) is 5.92 Å². The van der Waals surface area contributed by atoms with Crippen LogP contribution in [-0.4, -0.2) is 63.9 Å². The normalized spacial score (nSPS) is 18.2. The van der Waals surface area contributed by atoms with E-state index >= 15 is 0 Å². The monoisotopic (exact) mass is 286 g/mol. The van der Waals surface area contributed by atoms with Crippen LogP contribution in [0.4, 0.5) is 0 Å². The van der Waals surface area contributed by atoms with Crippen molar-refractivity contribution in [1.82, 2.24) is 10.2 Å². The van der Waals surface area contributed by atoms with Gasteiger partial charge < -0.3 is 19.7 Å². The lowest BCUT2D eigenvalue weighted by Gasteiger charge is -2.28. The Kier molecular flexibility index (Phi) is 8.82. The molecule has 1 rings (SSSR count). The summed E-state index contributed by atoms with van der Waals surface area (Å²) >= 11 is 0. The van der Waals surface area contributed by atoms with Gasteiger partial charge in [0.05, 0.1) is 7.11 Å². The maximum absolute atomic E-state index is 11.7. The predicted octanol–water partition coefficient (Wildman–Crippen LogP) is 1.28. The van der Waals surface area contributed by atoms with Crippen LogP contribution in [0.3, 0.4) is 0 Å². The summed E-state index contributed by atoms with van der Waals surface area (Å²) in [4.78, 5) is 14.0.